The first kappa shape index (κ1) is 23.0. The number of nitrogens with two attached hydrogens (primary N) is 1. The highest BCUT2D eigenvalue weighted by molar-refractivity contribution is 5.91. The molecule has 1 unspecified atom stereocenters. The van der Waals surface area contributed by atoms with Crippen molar-refractivity contribution < 1.29 is 19.4 Å². The summed E-state index contributed by atoms with van der Waals surface area (Å²) in [7, 11) is 0. The number of fused-ring (bicyclic) bond motifs is 1. The van der Waals surface area contributed by atoms with Gasteiger partial charge in [-0.1, -0.05) is 36.4 Å². The zero-order valence-corrected chi connectivity index (χ0v) is 17.5. The number of para-hydroxylation sites is 1. The second-order valence-corrected chi connectivity index (χ2v) is 7.14. The number of nitrogens with one attached hydrogen (secondary N) is 1. The molecule has 33 heavy (non-hydrogen) atoms. The molecular weight excluding hydrogens is 420 g/mol. The van der Waals surface area contributed by atoms with Gasteiger partial charge in [0, 0.05) is 23.2 Å². The summed E-state index contributed by atoms with van der Waals surface area (Å²) in [5.74, 6) is -0.435. The quantitative estimate of drug-likeness (QED) is 0.557. The van der Waals surface area contributed by atoms with Crippen molar-refractivity contribution in [2.75, 3.05) is 5.32 Å². The van der Waals surface area contributed by atoms with Gasteiger partial charge in [-0.3, -0.25) is 9.59 Å². The molecule has 4 N–H and O–H groups in total. The van der Waals surface area contributed by atoms with Crippen LogP contribution in [0.5, 0.6) is 5.75 Å². The number of ether oxygens (including phenoxy) is 1. The third-order valence-corrected chi connectivity index (χ3v) is 4.82. The predicted molar refractivity (Wildman–Crippen MR) is 122 cm³/mol. The fourth-order valence-corrected chi connectivity index (χ4v) is 3.08. The molecule has 2 aromatic rings. The monoisotopic (exact) mass is 440 g/mol. The summed E-state index contributed by atoms with van der Waals surface area (Å²) in [6.07, 6.45) is 5.23. The summed E-state index contributed by atoms with van der Waals surface area (Å²) in [4.78, 5) is 22.7. The highest BCUT2D eigenvalue weighted by Gasteiger charge is 2.18. The Kier molecular flexibility index (Phi) is 7.38. The molecule has 0 fully saturated rings. The molecule has 0 aromatic heterocycles. The molecule has 1 aliphatic rings. The minimum absolute atomic E-state index is 0.000977. The molecule has 1 heterocycles. The molecule has 8 heteroatoms. The van der Waals surface area contributed by atoms with Crippen LogP contribution in [0, 0.1) is 22.7 Å². The number of allylic oxidation sites excluding steroid dienone is 4. The average molecular weight is 440 g/mol. The van der Waals surface area contributed by atoms with E-state index in [0.29, 0.717) is 28.3 Å². The number of benzene rings is 2. The van der Waals surface area contributed by atoms with Crippen molar-refractivity contribution in [3.8, 4) is 17.9 Å². The number of aliphatic carboxylic acids is 1. The summed E-state index contributed by atoms with van der Waals surface area (Å²) in [5.41, 5.74) is 7.98. The Balaban J connectivity index is 1.70. The lowest BCUT2D eigenvalue weighted by Crippen LogP contribution is -2.31. The molecule has 1 aliphatic heterocycles. The van der Waals surface area contributed by atoms with Crippen LogP contribution in [0.4, 0.5) is 5.69 Å². The van der Waals surface area contributed by atoms with Gasteiger partial charge in [0.15, 0.2) is 0 Å². The highest BCUT2D eigenvalue weighted by Crippen LogP contribution is 2.35. The van der Waals surface area contributed by atoms with Gasteiger partial charge in [-0.2, -0.15) is 10.5 Å². The number of carbonyl (C=O) groups excluding carboxylic acids is 1. The third-order valence-electron chi connectivity index (χ3n) is 4.82. The Bertz CT molecular complexity index is 1230. The number of hydrogen-bond acceptors (Lipinski definition) is 6. The standard InChI is InChI=1S/C25H20N4O4/c26-14-17(15-27)21-13-19(33-23-4-2-1-3-20(21)23)10-7-16-5-8-18(9-6-16)29-24(30)12-11-22(28)25(31)32/h1-10,13,22H,11-12,28H2,(H,29,30)(H,31,32)/b10-7+. The van der Waals surface area contributed by atoms with E-state index in [0.717, 1.165) is 5.56 Å². The SMILES string of the molecule is N#CC(C#N)=C1C=C(/C=C/c2ccc(NC(=O)CCC(N)C(=O)O)cc2)Oc2ccccc21. The van der Waals surface area contributed by atoms with E-state index in [9.17, 15) is 20.1 Å². The smallest absolute Gasteiger partial charge is 0.320 e. The largest absolute Gasteiger partial charge is 0.480 e. The Morgan fingerprint density at radius 1 is 1.09 bits per heavy atom. The van der Waals surface area contributed by atoms with Crippen LogP contribution in [0.15, 0.2) is 72.0 Å². The summed E-state index contributed by atoms with van der Waals surface area (Å²) in [5, 5.41) is 30.0. The van der Waals surface area contributed by atoms with E-state index >= 15 is 0 Å². The van der Waals surface area contributed by atoms with Gasteiger partial charge >= 0.3 is 5.97 Å². The van der Waals surface area contributed by atoms with E-state index < -0.39 is 12.0 Å². The van der Waals surface area contributed by atoms with Crippen LogP contribution in [0.1, 0.15) is 24.0 Å². The molecule has 2 aromatic carbocycles. The molecule has 0 spiro atoms. The predicted octanol–water partition coefficient (Wildman–Crippen LogP) is 3.61. The normalized spacial score (nSPS) is 13.1. The third kappa shape index (κ3) is 5.95. The van der Waals surface area contributed by atoms with Crippen molar-refractivity contribution in [2.45, 2.75) is 18.9 Å². The van der Waals surface area contributed by atoms with Crippen molar-refractivity contribution >= 4 is 29.2 Å². The van der Waals surface area contributed by atoms with Gasteiger partial charge in [-0.05, 0) is 42.3 Å². The molecule has 3 rings (SSSR count). The van der Waals surface area contributed by atoms with Crippen molar-refractivity contribution in [3.05, 3.63) is 83.1 Å². The molecule has 0 radical (unpaired) electrons. The van der Waals surface area contributed by atoms with E-state index in [1.165, 1.54) is 0 Å². The van der Waals surface area contributed by atoms with Crippen LogP contribution < -0.4 is 15.8 Å². The van der Waals surface area contributed by atoms with Gasteiger partial charge < -0.3 is 20.9 Å². The van der Waals surface area contributed by atoms with E-state index in [1.54, 1.807) is 54.6 Å². The summed E-state index contributed by atoms with van der Waals surface area (Å²) in [6.45, 7) is 0. The van der Waals surface area contributed by atoms with Crippen LogP contribution in [0.3, 0.4) is 0 Å². The van der Waals surface area contributed by atoms with Crippen LogP contribution in [0.2, 0.25) is 0 Å². The number of carboxylic acids is 1. The molecule has 1 amide bonds. The maximum Gasteiger partial charge on any atom is 0.320 e. The Labute approximate surface area is 190 Å². The second kappa shape index (κ2) is 10.6. The maximum absolute atomic E-state index is 11.9. The van der Waals surface area contributed by atoms with Crippen molar-refractivity contribution in [1.82, 2.24) is 0 Å². The van der Waals surface area contributed by atoms with Crippen molar-refractivity contribution in [1.29, 1.82) is 10.5 Å². The van der Waals surface area contributed by atoms with E-state index in [4.69, 9.17) is 15.6 Å². The lowest BCUT2D eigenvalue weighted by Gasteiger charge is -2.18. The molecule has 1 atom stereocenters. The Morgan fingerprint density at radius 2 is 1.79 bits per heavy atom. The van der Waals surface area contributed by atoms with Crippen LogP contribution in [0.25, 0.3) is 11.6 Å². The fourth-order valence-electron chi connectivity index (χ4n) is 3.08. The van der Waals surface area contributed by atoms with E-state index in [-0.39, 0.29) is 24.3 Å². The van der Waals surface area contributed by atoms with Gasteiger partial charge in [0.05, 0.1) is 0 Å². The highest BCUT2D eigenvalue weighted by atomic mass is 16.5. The molecule has 0 saturated heterocycles. The second-order valence-electron chi connectivity index (χ2n) is 7.14. The molecular formula is C25H20N4O4. The number of rotatable bonds is 7. The maximum atomic E-state index is 11.9. The fraction of sp³-hybridized carbons (Fsp3) is 0.120. The zero-order chi connectivity index (χ0) is 23.8. The number of carbonyl (C=O) groups is 2. The first-order chi connectivity index (χ1) is 15.9. The molecule has 0 saturated carbocycles. The first-order valence-electron chi connectivity index (χ1n) is 10.0. The zero-order valence-electron chi connectivity index (χ0n) is 17.5. The van der Waals surface area contributed by atoms with Gasteiger partial charge in [0.25, 0.3) is 0 Å². The lowest BCUT2D eigenvalue weighted by molar-refractivity contribution is -0.138. The first-order valence-corrected chi connectivity index (χ1v) is 10.0. The van der Waals surface area contributed by atoms with Gasteiger partial charge in [-0.25, -0.2) is 0 Å². The topological polar surface area (TPSA) is 149 Å². The molecule has 0 aliphatic carbocycles. The van der Waals surface area contributed by atoms with E-state index in [1.807, 2.05) is 24.3 Å². The van der Waals surface area contributed by atoms with Gasteiger partial charge in [0.1, 0.15) is 35.3 Å². The molecule has 0 bridgehead atoms. The number of amides is 1. The summed E-state index contributed by atoms with van der Waals surface area (Å²) in [6, 6.07) is 17.0. The average Bonchev–Trinajstić information content (AvgIpc) is 2.82. The van der Waals surface area contributed by atoms with Crippen molar-refractivity contribution in [3.63, 3.8) is 0 Å². The molecule has 164 valence electrons. The van der Waals surface area contributed by atoms with E-state index in [2.05, 4.69) is 5.32 Å². The Morgan fingerprint density at radius 3 is 2.45 bits per heavy atom. The number of anilines is 1. The minimum atomic E-state index is -1.14. The number of nitriles is 2. The number of hydrogen-bond donors (Lipinski definition) is 3. The van der Waals surface area contributed by atoms with Crippen LogP contribution in [-0.4, -0.2) is 23.0 Å². The lowest BCUT2D eigenvalue weighted by atomic mass is 9.97. The summed E-state index contributed by atoms with van der Waals surface area (Å²) < 4.78 is 5.87. The van der Waals surface area contributed by atoms with Crippen molar-refractivity contribution in [2.24, 2.45) is 5.73 Å². The summed E-state index contributed by atoms with van der Waals surface area (Å²) >= 11 is 0. The Hall–Kier alpha value is -4.66. The number of carboxylic acid groups (broad SMARTS) is 1. The number of nitrogens with zero attached hydrogens (tertiary/aromatic N) is 2. The van der Waals surface area contributed by atoms with Crippen LogP contribution in [-0.2, 0) is 9.59 Å². The van der Waals surface area contributed by atoms with Gasteiger partial charge in [-0.15, -0.1) is 0 Å². The minimum Gasteiger partial charge on any atom is -0.480 e. The van der Waals surface area contributed by atoms with Crippen LogP contribution >= 0.6 is 0 Å². The van der Waals surface area contributed by atoms with Gasteiger partial charge in [0.2, 0.25) is 5.91 Å². The molecule has 8 nitrogen and oxygen atoms in total.